The van der Waals surface area contributed by atoms with Gasteiger partial charge in [-0.15, -0.1) is 5.10 Å². The van der Waals surface area contributed by atoms with Crippen LogP contribution < -0.4 is 5.73 Å². The first-order valence-electron chi connectivity index (χ1n) is 4.89. The van der Waals surface area contributed by atoms with E-state index in [2.05, 4.69) is 10.3 Å². The van der Waals surface area contributed by atoms with Crippen molar-refractivity contribution in [2.24, 2.45) is 12.8 Å². The van der Waals surface area contributed by atoms with Gasteiger partial charge in [-0.25, -0.2) is 4.68 Å². The van der Waals surface area contributed by atoms with Gasteiger partial charge in [-0.3, -0.25) is 4.79 Å². The van der Waals surface area contributed by atoms with E-state index in [1.54, 1.807) is 7.05 Å². The van der Waals surface area contributed by atoms with Gasteiger partial charge in [0.15, 0.2) is 0 Å². The SMILES string of the molecule is Cn1nncc1C(=O)C1(N)CCOCC1. The second kappa shape index (κ2) is 3.71. The van der Waals surface area contributed by atoms with Crippen molar-refractivity contribution in [3.63, 3.8) is 0 Å². The van der Waals surface area contributed by atoms with Crippen molar-refractivity contribution in [1.82, 2.24) is 15.0 Å². The molecule has 0 bridgehead atoms. The van der Waals surface area contributed by atoms with Gasteiger partial charge in [0.25, 0.3) is 0 Å². The maximum Gasteiger partial charge on any atom is 0.202 e. The molecule has 0 radical (unpaired) electrons. The van der Waals surface area contributed by atoms with Crippen LogP contribution in [0.5, 0.6) is 0 Å². The van der Waals surface area contributed by atoms with Crippen LogP contribution in [-0.4, -0.2) is 39.5 Å². The van der Waals surface area contributed by atoms with Crippen LogP contribution in [0.3, 0.4) is 0 Å². The van der Waals surface area contributed by atoms with Gasteiger partial charge in [-0.2, -0.15) is 0 Å². The van der Waals surface area contributed by atoms with E-state index in [1.807, 2.05) is 0 Å². The van der Waals surface area contributed by atoms with Crippen LogP contribution in [0.25, 0.3) is 0 Å². The van der Waals surface area contributed by atoms with E-state index in [9.17, 15) is 4.79 Å². The molecule has 2 N–H and O–H groups in total. The van der Waals surface area contributed by atoms with Crippen LogP contribution in [0.15, 0.2) is 6.20 Å². The molecule has 82 valence electrons. The van der Waals surface area contributed by atoms with E-state index in [-0.39, 0.29) is 5.78 Å². The number of hydrogen-bond donors (Lipinski definition) is 1. The van der Waals surface area contributed by atoms with Crippen LogP contribution in [0.1, 0.15) is 23.3 Å². The van der Waals surface area contributed by atoms with Gasteiger partial charge in [0.2, 0.25) is 5.78 Å². The van der Waals surface area contributed by atoms with E-state index in [0.717, 1.165) is 0 Å². The number of ether oxygens (including phenoxy) is 1. The Morgan fingerprint density at radius 3 is 2.80 bits per heavy atom. The number of Topliss-reactive ketones (excluding diaryl/α,β-unsaturated/α-hetero) is 1. The third-order valence-electron chi connectivity index (χ3n) is 2.78. The number of ketones is 1. The number of hydrogen-bond acceptors (Lipinski definition) is 5. The second-order valence-electron chi connectivity index (χ2n) is 3.84. The highest BCUT2D eigenvalue weighted by Crippen LogP contribution is 2.21. The molecule has 2 rings (SSSR count). The summed E-state index contributed by atoms with van der Waals surface area (Å²) in [4.78, 5) is 12.1. The van der Waals surface area contributed by atoms with Crippen molar-refractivity contribution in [2.75, 3.05) is 13.2 Å². The molecule has 15 heavy (non-hydrogen) atoms. The standard InChI is InChI=1S/C9H14N4O2/c1-13-7(6-11-12-13)8(14)9(10)2-4-15-5-3-9/h6H,2-5,10H2,1H3. The Bertz CT molecular complexity index is 368. The molecular weight excluding hydrogens is 196 g/mol. The Balaban J connectivity index is 2.23. The summed E-state index contributed by atoms with van der Waals surface area (Å²) < 4.78 is 6.64. The minimum absolute atomic E-state index is 0.0988. The Labute approximate surface area is 87.4 Å². The van der Waals surface area contributed by atoms with E-state index in [4.69, 9.17) is 10.5 Å². The van der Waals surface area contributed by atoms with E-state index in [0.29, 0.717) is 31.7 Å². The molecule has 0 aromatic carbocycles. The van der Waals surface area contributed by atoms with E-state index < -0.39 is 5.54 Å². The molecule has 0 saturated carbocycles. The maximum absolute atomic E-state index is 12.1. The summed E-state index contributed by atoms with van der Waals surface area (Å²) >= 11 is 0. The highest BCUT2D eigenvalue weighted by Gasteiger charge is 2.37. The average molecular weight is 210 g/mol. The molecule has 1 aliphatic rings. The smallest absolute Gasteiger partial charge is 0.202 e. The third kappa shape index (κ3) is 1.78. The molecular formula is C9H14N4O2. The third-order valence-corrected chi connectivity index (χ3v) is 2.78. The Morgan fingerprint density at radius 1 is 1.60 bits per heavy atom. The van der Waals surface area contributed by atoms with Crippen molar-refractivity contribution in [3.05, 3.63) is 11.9 Å². The van der Waals surface area contributed by atoms with Crippen LogP contribution in [0.4, 0.5) is 0 Å². The molecule has 0 unspecified atom stereocenters. The van der Waals surface area contributed by atoms with Gasteiger partial charge in [-0.1, -0.05) is 5.21 Å². The molecule has 6 heteroatoms. The van der Waals surface area contributed by atoms with Crippen molar-refractivity contribution >= 4 is 5.78 Å². The molecule has 1 fully saturated rings. The highest BCUT2D eigenvalue weighted by atomic mass is 16.5. The van der Waals surface area contributed by atoms with Gasteiger partial charge >= 0.3 is 0 Å². The molecule has 1 aliphatic heterocycles. The number of aromatic nitrogens is 3. The van der Waals surface area contributed by atoms with Crippen molar-refractivity contribution in [1.29, 1.82) is 0 Å². The summed E-state index contributed by atoms with van der Waals surface area (Å²) in [7, 11) is 1.68. The fourth-order valence-corrected chi connectivity index (χ4v) is 1.71. The summed E-state index contributed by atoms with van der Waals surface area (Å²) in [6.45, 7) is 1.07. The summed E-state index contributed by atoms with van der Waals surface area (Å²) in [5.74, 6) is -0.0988. The monoisotopic (exact) mass is 210 g/mol. The lowest BCUT2D eigenvalue weighted by Crippen LogP contribution is -2.52. The lowest BCUT2D eigenvalue weighted by Gasteiger charge is -2.31. The van der Waals surface area contributed by atoms with Gasteiger partial charge < -0.3 is 10.5 Å². The second-order valence-corrected chi connectivity index (χ2v) is 3.84. The fraction of sp³-hybridized carbons (Fsp3) is 0.667. The van der Waals surface area contributed by atoms with Crippen LogP contribution in [-0.2, 0) is 11.8 Å². The fourth-order valence-electron chi connectivity index (χ4n) is 1.71. The molecule has 0 amide bonds. The maximum atomic E-state index is 12.1. The first-order chi connectivity index (χ1) is 7.13. The topological polar surface area (TPSA) is 83.0 Å². The summed E-state index contributed by atoms with van der Waals surface area (Å²) in [6, 6.07) is 0. The molecule has 1 aromatic rings. The minimum atomic E-state index is -0.812. The summed E-state index contributed by atoms with van der Waals surface area (Å²) in [5.41, 5.74) is 5.71. The number of nitrogens with two attached hydrogens (primary N) is 1. The molecule has 1 aromatic heterocycles. The molecule has 1 saturated heterocycles. The molecule has 0 atom stereocenters. The minimum Gasteiger partial charge on any atom is -0.381 e. The lowest BCUT2D eigenvalue weighted by molar-refractivity contribution is 0.0442. The lowest BCUT2D eigenvalue weighted by atomic mass is 9.85. The first kappa shape index (κ1) is 10.3. The van der Waals surface area contributed by atoms with Crippen molar-refractivity contribution < 1.29 is 9.53 Å². The Hall–Kier alpha value is -1.27. The van der Waals surface area contributed by atoms with Gasteiger partial charge in [0.05, 0.1) is 11.7 Å². The van der Waals surface area contributed by atoms with Gasteiger partial charge in [0.1, 0.15) is 5.69 Å². The number of nitrogens with zero attached hydrogens (tertiary/aromatic N) is 3. The van der Waals surface area contributed by atoms with Crippen LogP contribution in [0.2, 0.25) is 0 Å². The first-order valence-corrected chi connectivity index (χ1v) is 4.89. The van der Waals surface area contributed by atoms with E-state index >= 15 is 0 Å². The zero-order valence-electron chi connectivity index (χ0n) is 8.64. The van der Waals surface area contributed by atoms with Crippen molar-refractivity contribution in [3.8, 4) is 0 Å². The summed E-state index contributed by atoms with van der Waals surface area (Å²) in [5, 5.41) is 7.40. The number of rotatable bonds is 2. The number of carbonyl (C=O) groups excluding carboxylic acids is 1. The van der Waals surface area contributed by atoms with Gasteiger partial charge in [-0.05, 0) is 12.8 Å². The average Bonchev–Trinajstić information content (AvgIpc) is 2.64. The van der Waals surface area contributed by atoms with Crippen molar-refractivity contribution in [2.45, 2.75) is 18.4 Å². The summed E-state index contributed by atoms with van der Waals surface area (Å²) in [6.07, 6.45) is 2.56. The zero-order valence-corrected chi connectivity index (χ0v) is 8.64. The Kier molecular flexibility index (Phi) is 2.54. The number of carbonyl (C=O) groups is 1. The van der Waals surface area contributed by atoms with E-state index in [1.165, 1.54) is 10.9 Å². The molecule has 0 aliphatic carbocycles. The quantitative estimate of drug-likeness (QED) is 0.666. The largest absolute Gasteiger partial charge is 0.381 e. The van der Waals surface area contributed by atoms with Crippen LogP contribution in [0, 0.1) is 0 Å². The molecule has 2 heterocycles. The Morgan fingerprint density at radius 2 is 2.27 bits per heavy atom. The number of aryl methyl sites for hydroxylation is 1. The zero-order chi connectivity index (χ0) is 10.9. The van der Waals surface area contributed by atoms with Crippen LogP contribution >= 0.6 is 0 Å². The van der Waals surface area contributed by atoms with Gasteiger partial charge in [0, 0.05) is 20.3 Å². The highest BCUT2D eigenvalue weighted by molar-refractivity contribution is 6.01. The predicted molar refractivity (Wildman–Crippen MR) is 52.3 cm³/mol. The molecule has 0 spiro atoms. The molecule has 6 nitrogen and oxygen atoms in total. The predicted octanol–water partition coefficient (Wildman–Crippen LogP) is -0.494. The normalized spacial score (nSPS) is 20.1.